The molecule has 4 nitrogen and oxygen atoms in total. The molecule has 0 aromatic heterocycles. The third kappa shape index (κ3) is 2.38. The van der Waals surface area contributed by atoms with Gasteiger partial charge in [0.1, 0.15) is 5.75 Å². The van der Waals surface area contributed by atoms with Crippen molar-refractivity contribution in [3.8, 4) is 28.4 Å². The lowest BCUT2D eigenvalue weighted by Crippen LogP contribution is -1.94. The van der Waals surface area contributed by atoms with Crippen molar-refractivity contribution in [1.82, 2.24) is 0 Å². The Kier molecular flexibility index (Phi) is 3.71. The van der Waals surface area contributed by atoms with E-state index in [1.54, 1.807) is 13.2 Å². The maximum Gasteiger partial charge on any atom is 0.161 e. The van der Waals surface area contributed by atoms with Crippen LogP contribution >= 0.6 is 0 Å². The van der Waals surface area contributed by atoms with Gasteiger partial charge in [0.2, 0.25) is 0 Å². The summed E-state index contributed by atoms with van der Waals surface area (Å²) in [4.78, 5) is 11.2. The van der Waals surface area contributed by atoms with Gasteiger partial charge in [-0.1, -0.05) is 18.2 Å². The standard InChI is InChI=1S/C15H14O4/c1-18-14-6-4-3-5-11(14)12-8-13(17)15(19-2)7-10(12)9-16/h3-9,17H,1-2H3. The first-order valence-electron chi connectivity index (χ1n) is 5.70. The second-order valence-electron chi connectivity index (χ2n) is 3.93. The molecule has 2 aromatic rings. The van der Waals surface area contributed by atoms with Crippen molar-refractivity contribution in [3.05, 3.63) is 42.0 Å². The average Bonchev–Trinajstić information content (AvgIpc) is 2.46. The van der Waals surface area contributed by atoms with E-state index in [1.165, 1.54) is 19.2 Å². The summed E-state index contributed by atoms with van der Waals surface area (Å²) in [5, 5.41) is 9.85. The minimum absolute atomic E-state index is 0.0194. The van der Waals surface area contributed by atoms with Gasteiger partial charge in [-0.3, -0.25) is 4.79 Å². The topological polar surface area (TPSA) is 55.8 Å². The van der Waals surface area contributed by atoms with Crippen LogP contribution in [0.5, 0.6) is 17.2 Å². The first-order chi connectivity index (χ1) is 9.21. The fourth-order valence-corrected chi connectivity index (χ4v) is 1.95. The molecule has 0 bridgehead atoms. The maximum atomic E-state index is 11.2. The number of hydrogen-bond acceptors (Lipinski definition) is 4. The molecular formula is C15H14O4. The third-order valence-electron chi connectivity index (χ3n) is 2.88. The van der Waals surface area contributed by atoms with E-state index in [1.807, 2.05) is 18.2 Å². The number of carbonyl (C=O) groups excluding carboxylic acids is 1. The molecule has 0 fully saturated rings. The Bertz CT molecular complexity index is 605. The summed E-state index contributed by atoms with van der Waals surface area (Å²) in [6.07, 6.45) is 0.726. The van der Waals surface area contributed by atoms with Gasteiger partial charge in [-0.05, 0) is 23.8 Å². The Morgan fingerprint density at radius 2 is 1.68 bits per heavy atom. The smallest absolute Gasteiger partial charge is 0.161 e. The molecular weight excluding hydrogens is 244 g/mol. The Morgan fingerprint density at radius 3 is 2.32 bits per heavy atom. The number of hydrogen-bond donors (Lipinski definition) is 1. The summed E-state index contributed by atoms with van der Waals surface area (Å²) in [6.45, 7) is 0. The first kappa shape index (κ1) is 13.0. The lowest BCUT2D eigenvalue weighted by atomic mass is 9.98. The zero-order valence-corrected chi connectivity index (χ0v) is 10.7. The lowest BCUT2D eigenvalue weighted by molar-refractivity contribution is 0.112. The Hall–Kier alpha value is -2.49. The summed E-state index contributed by atoms with van der Waals surface area (Å²) in [5.74, 6) is 0.880. The summed E-state index contributed by atoms with van der Waals surface area (Å²) >= 11 is 0. The van der Waals surface area contributed by atoms with Gasteiger partial charge < -0.3 is 14.6 Å². The molecule has 0 saturated carbocycles. The molecule has 0 atom stereocenters. The van der Waals surface area contributed by atoms with E-state index in [2.05, 4.69) is 0 Å². The van der Waals surface area contributed by atoms with Crippen LogP contribution in [0.1, 0.15) is 10.4 Å². The summed E-state index contributed by atoms with van der Waals surface area (Å²) in [5.41, 5.74) is 1.77. The third-order valence-corrected chi connectivity index (χ3v) is 2.88. The molecule has 2 aromatic carbocycles. The minimum Gasteiger partial charge on any atom is -0.504 e. The summed E-state index contributed by atoms with van der Waals surface area (Å²) < 4.78 is 10.3. The van der Waals surface area contributed by atoms with Crippen LogP contribution in [0.2, 0.25) is 0 Å². The SMILES string of the molecule is COc1cc(C=O)c(-c2ccccc2OC)cc1O. The van der Waals surface area contributed by atoms with E-state index in [-0.39, 0.29) is 11.5 Å². The molecule has 0 unspecified atom stereocenters. The number of phenols is 1. The average molecular weight is 258 g/mol. The number of carbonyl (C=O) groups is 1. The molecule has 0 heterocycles. The van der Waals surface area contributed by atoms with Crippen molar-refractivity contribution in [2.24, 2.45) is 0 Å². The predicted molar refractivity (Wildman–Crippen MR) is 72.0 cm³/mol. The first-order valence-corrected chi connectivity index (χ1v) is 5.70. The van der Waals surface area contributed by atoms with E-state index in [0.717, 1.165) is 11.8 Å². The summed E-state index contributed by atoms with van der Waals surface area (Å²) in [7, 11) is 3.00. The Labute approximate surface area is 111 Å². The van der Waals surface area contributed by atoms with Crippen LogP contribution < -0.4 is 9.47 Å². The van der Waals surface area contributed by atoms with Crippen LogP contribution in [0.3, 0.4) is 0 Å². The van der Waals surface area contributed by atoms with Gasteiger partial charge in [0.05, 0.1) is 14.2 Å². The maximum absolute atomic E-state index is 11.2. The number of phenolic OH excluding ortho intramolecular Hbond substituents is 1. The highest BCUT2D eigenvalue weighted by atomic mass is 16.5. The van der Waals surface area contributed by atoms with E-state index in [0.29, 0.717) is 16.9 Å². The van der Waals surface area contributed by atoms with E-state index in [4.69, 9.17) is 9.47 Å². The molecule has 98 valence electrons. The molecule has 0 spiro atoms. The van der Waals surface area contributed by atoms with Crippen LogP contribution in [0, 0.1) is 0 Å². The molecule has 0 saturated heterocycles. The normalized spacial score (nSPS) is 10.0. The van der Waals surface area contributed by atoms with Crippen molar-refractivity contribution in [2.75, 3.05) is 14.2 Å². The molecule has 0 radical (unpaired) electrons. The van der Waals surface area contributed by atoms with Crippen molar-refractivity contribution >= 4 is 6.29 Å². The Morgan fingerprint density at radius 1 is 1.00 bits per heavy atom. The van der Waals surface area contributed by atoms with Gasteiger partial charge in [-0.15, -0.1) is 0 Å². The molecule has 0 aliphatic carbocycles. The molecule has 0 aliphatic heterocycles. The van der Waals surface area contributed by atoms with Crippen molar-refractivity contribution in [1.29, 1.82) is 0 Å². The number of aldehydes is 1. The fraction of sp³-hybridized carbons (Fsp3) is 0.133. The number of aromatic hydroxyl groups is 1. The van der Waals surface area contributed by atoms with Crippen LogP contribution in [0.25, 0.3) is 11.1 Å². The monoisotopic (exact) mass is 258 g/mol. The zero-order valence-electron chi connectivity index (χ0n) is 10.7. The van der Waals surface area contributed by atoms with E-state index >= 15 is 0 Å². The molecule has 0 aliphatic rings. The highest BCUT2D eigenvalue weighted by Crippen LogP contribution is 2.37. The van der Waals surface area contributed by atoms with E-state index < -0.39 is 0 Å². The second-order valence-corrected chi connectivity index (χ2v) is 3.93. The van der Waals surface area contributed by atoms with Crippen molar-refractivity contribution in [3.63, 3.8) is 0 Å². The minimum atomic E-state index is -0.0194. The van der Waals surface area contributed by atoms with E-state index in [9.17, 15) is 9.90 Å². The highest BCUT2D eigenvalue weighted by Gasteiger charge is 2.14. The molecule has 19 heavy (non-hydrogen) atoms. The summed E-state index contributed by atoms with van der Waals surface area (Å²) in [6, 6.07) is 10.3. The number of rotatable bonds is 4. The largest absolute Gasteiger partial charge is 0.504 e. The predicted octanol–water partition coefficient (Wildman–Crippen LogP) is 2.89. The zero-order chi connectivity index (χ0) is 13.8. The van der Waals surface area contributed by atoms with Crippen LogP contribution in [-0.4, -0.2) is 25.6 Å². The molecule has 4 heteroatoms. The second kappa shape index (κ2) is 5.44. The number of ether oxygens (including phenoxy) is 2. The number of para-hydroxylation sites is 1. The van der Waals surface area contributed by atoms with Crippen molar-refractivity contribution < 1.29 is 19.4 Å². The molecule has 0 amide bonds. The van der Waals surface area contributed by atoms with Crippen LogP contribution in [0.15, 0.2) is 36.4 Å². The van der Waals surface area contributed by atoms with Gasteiger partial charge in [0, 0.05) is 11.1 Å². The number of methoxy groups -OCH3 is 2. The highest BCUT2D eigenvalue weighted by molar-refractivity contribution is 5.91. The number of benzene rings is 2. The van der Waals surface area contributed by atoms with Gasteiger partial charge in [0.25, 0.3) is 0 Å². The van der Waals surface area contributed by atoms with Gasteiger partial charge in [0.15, 0.2) is 17.8 Å². The van der Waals surface area contributed by atoms with Gasteiger partial charge >= 0.3 is 0 Å². The molecule has 1 N–H and O–H groups in total. The van der Waals surface area contributed by atoms with Crippen molar-refractivity contribution in [2.45, 2.75) is 0 Å². The fourth-order valence-electron chi connectivity index (χ4n) is 1.95. The van der Waals surface area contributed by atoms with Crippen LogP contribution in [0.4, 0.5) is 0 Å². The molecule has 2 rings (SSSR count). The quantitative estimate of drug-likeness (QED) is 0.857. The lowest BCUT2D eigenvalue weighted by Gasteiger charge is -2.12. The van der Waals surface area contributed by atoms with Gasteiger partial charge in [-0.25, -0.2) is 0 Å². The Balaban J connectivity index is 2.67. The van der Waals surface area contributed by atoms with Crippen LogP contribution in [-0.2, 0) is 0 Å². The van der Waals surface area contributed by atoms with Gasteiger partial charge in [-0.2, -0.15) is 0 Å².